The molecule has 4 aromatic heterocycles. The van der Waals surface area contributed by atoms with Crippen molar-refractivity contribution in [2.24, 2.45) is 0 Å². The van der Waals surface area contributed by atoms with Gasteiger partial charge in [-0.3, -0.25) is 9.88 Å². The number of nitriles is 1. The molecule has 1 N–H and O–H groups in total. The number of ether oxygens (including phenoxy) is 1. The second-order valence-electron chi connectivity index (χ2n) is 11.7. The van der Waals surface area contributed by atoms with E-state index in [0.29, 0.717) is 35.0 Å². The molecule has 3 unspecified atom stereocenters. The summed E-state index contributed by atoms with van der Waals surface area (Å²) in [5, 5.41) is 24.1. The van der Waals surface area contributed by atoms with Crippen molar-refractivity contribution in [2.75, 3.05) is 24.6 Å². The SMILES string of the molecule is C#Cc1ccc(/C=C/C(C)N2C3CC2CN(c2ccc(-c4cc(OCC(C)(C)O)cn5ncc(C#N)c45)cn2)C3)nc1. The van der Waals surface area contributed by atoms with E-state index in [1.54, 1.807) is 37.0 Å². The third-order valence-corrected chi connectivity index (χ3v) is 7.90. The number of terminal acetylenes is 1. The number of hydrogen-bond acceptors (Lipinski definition) is 8. The van der Waals surface area contributed by atoms with Crippen LogP contribution in [-0.2, 0) is 0 Å². The number of nitrogens with zero attached hydrogens (tertiary/aromatic N) is 7. The summed E-state index contributed by atoms with van der Waals surface area (Å²) >= 11 is 0. The summed E-state index contributed by atoms with van der Waals surface area (Å²) in [7, 11) is 0. The van der Waals surface area contributed by atoms with E-state index in [9.17, 15) is 10.4 Å². The van der Waals surface area contributed by atoms with Crippen LogP contribution in [0.2, 0.25) is 0 Å². The van der Waals surface area contributed by atoms with E-state index in [4.69, 9.17) is 16.1 Å². The van der Waals surface area contributed by atoms with E-state index in [1.165, 1.54) is 6.42 Å². The van der Waals surface area contributed by atoms with Gasteiger partial charge in [0.15, 0.2) is 0 Å². The number of aromatic nitrogens is 4. The second-order valence-corrected chi connectivity index (χ2v) is 11.7. The number of aliphatic hydroxyl groups is 1. The predicted octanol–water partition coefficient (Wildman–Crippen LogP) is 4.16. The molecule has 2 bridgehead atoms. The van der Waals surface area contributed by atoms with Crippen molar-refractivity contribution < 1.29 is 9.84 Å². The molecule has 3 aliphatic heterocycles. The van der Waals surface area contributed by atoms with Crippen molar-refractivity contribution in [1.29, 1.82) is 5.26 Å². The van der Waals surface area contributed by atoms with Gasteiger partial charge < -0.3 is 14.7 Å². The number of hydrogen-bond donors (Lipinski definition) is 1. The number of fused-ring (bicyclic) bond motifs is 3. The van der Waals surface area contributed by atoms with Crippen LogP contribution in [0, 0.1) is 23.7 Å². The maximum atomic E-state index is 10.1. The third-order valence-electron chi connectivity index (χ3n) is 7.90. The summed E-state index contributed by atoms with van der Waals surface area (Å²) in [4.78, 5) is 14.2. The van der Waals surface area contributed by atoms with E-state index >= 15 is 0 Å². The highest BCUT2D eigenvalue weighted by atomic mass is 16.5. The number of anilines is 1. The Hall–Kier alpha value is -4.70. The van der Waals surface area contributed by atoms with E-state index in [0.717, 1.165) is 41.3 Å². The molecular formula is C33H33N7O2. The molecule has 3 fully saturated rings. The molecule has 7 heterocycles. The number of piperidine rings is 1. The Morgan fingerprint density at radius 1 is 1.17 bits per heavy atom. The minimum atomic E-state index is -0.981. The lowest BCUT2D eigenvalue weighted by molar-refractivity contribution is -0.0184. The van der Waals surface area contributed by atoms with Crippen molar-refractivity contribution in [2.45, 2.75) is 50.9 Å². The van der Waals surface area contributed by atoms with Crippen LogP contribution in [0.1, 0.15) is 44.0 Å². The molecule has 9 nitrogen and oxygen atoms in total. The second kappa shape index (κ2) is 10.9. The van der Waals surface area contributed by atoms with E-state index in [1.807, 2.05) is 36.5 Å². The summed E-state index contributed by atoms with van der Waals surface area (Å²) in [5.41, 5.74) is 3.54. The molecular weight excluding hydrogens is 526 g/mol. The first-order valence-corrected chi connectivity index (χ1v) is 14.1. The van der Waals surface area contributed by atoms with Crippen molar-refractivity contribution in [3.8, 4) is 35.3 Å². The van der Waals surface area contributed by atoms with Gasteiger partial charge in [0, 0.05) is 60.3 Å². The molecule has 0 saturated carbocycles. The Morgan fingerprint density at radius 2 is 1.98 bits per heavy atom. The summed E-state index contributed by atoms with van der Waals surface area (Å²) in [6, 6.07) is 13.3. The fraction of sp³-hybridized carbons (Fsp3) is 0.333. The van der Waals surface area contributed by atoms with Gasteiger partial charge in [-0.2, -0.15) is 10.4 Å². The lowest BCUT2D eigenvalue weighted by atomic mass is 9.85. The highest BCUT2D eigenvalue weighted by Crippen LogP contribution is 2.37. The van der Waals surface area contributed by atoms with Crippen LogP contribution >= 0.6 is 0 Å². The van der Waals surface area contributed by atoms with Gasteiger partial charge in [-0.1, -0.05) is 12.0 Å². The van der Waals surface area contributed by atoms with Crippen LogP contribution in [0.25, 0.3) is 22.7 Å². The minimum Gasteiger partial charge on any atom is -0.489 e. The van der Waals surface area contributed by atoms with Gasteiger partial charge in [0.25, 0.3) is 0 Å². The average molecular weight is 560 g/mol. The molecule has 0 radical (unpaired) electrons. The molecule has 0 spiro atoms. The van der Waals surface area contributed by atoms with E-state index in [2.05, 4.69) is 50.9 Å². The zero-order chi connectivity index (χ0) is 29.4. The van der Waals surface area contributed by atoms with Crippen LogP contribution in [0.3, 0.4) is 0 Å². The minimum absolute atomic E-state index is 0.126. The van der Waals surface area contributed by atoms with Gasteiger partial charge in [-0.15, -0.1) is 6.42 Å². The van der Waals surface area contributed by atoms with Crippen molar-refractivity contribution in [3.63, 3.8) is 0 Å². The Labute approximate surface area is 245 Å². The van der Waals surface area contributed by atoms with Gasteiger partial charge in [0.1, 0.15) is 24.2 Å². The average Bonchev–Trinajstić information content (AvgIpc) is 3.42. The monoisotopic (exact) mass is 559 g/mol. The lowest BCUT2D eigenvalue weighted by Crippen LogP contribution is -2.70. The Balaban J connectivity index is 1.16. The molecule has 9 heteroatoms. The fourth-order valence-electron chi connectivity index (χ4n) is 5.89. The molecule has 7 rings (SSSR count). The molecule has 42 heavy (non-hydrogen) atoms. The molecule has 0 amide bonds. The lowest BCUT2D eigenvalue weighted by Gasteiger charge is -2.58. The zero-order valence-corrected chi connectivity index (χ0v) is 24.0. The smallest absolute Gasteiger partial charge is 0.138 e. The molecule has 3 aliphatic rings. The number of rotatable bonds is 8. The molecule has 0 aromatic carbocycles. The van der Waals surface area contributed by atoms with Gasteiger partial charge in [-0.05, 0) is 63.6 Å². The van der Waals surface area contributed by atoms with Gasteiger partial charge >= 0.3 is 0 Å². The molecule has 212 valence electrons. The molecule has 3 atom stereocenters. The summed E-state index contributed by atoms with van der Waals surface area (Å²) < 4.78 is 7.50. The maximum absolute atomic E-state index is 10.1. The van der Waals surface area contributed by atoms with Gasteiger partial charge in [0.2, 0.25) is 0 Å². The highest BCUT2D eigenvalue weighted by Gasteiger charge is 2.46. The van der Waals surface area contributed by atoms with Gasteiger partial charge in [0.05, 0.1) is 34.8 Å². The summed E-state index contributed by atoms with van der Waals surface area (Å²) in [5.74, 6) is 4.09. The van der Waals surface area contributed by atoms with E-state index in [-0.39, 0.29) is 6.61 Å². The van der Waals surface area contributed by atoms with Crippen LogP contribution in [0.15, 0.2) is 61.2 Å². The Morgan fingerprint density at radius 3 is 2.62 bits per heavy atom. The predicted molar refractivity (Wildman–Crippen MR) is 162 cm³/mol. The zero-order valence-electron chi connectivity index (χ0n) is 24.0. The van der Waals surface area contributed by atoms with Crippen LogP contribution < -0.4 is 9.64 Å². The van der Waals surface area contributed by atoms with Crippen molar-refractivity contribution in [1.82, 2.24) is 24.5 Å². The van der Waals surface area contributed by atoms with Crippen molar-refractivity contribution >= 4 is 17.4 Å². The Kier molecular flexibility index (Phi) is 7.16. The largest absolute Gasteiger partial charge is 0.489 e. The third kappa shape index (κ3) is 5.45. The summed E-state index contributed by atoms with van der Waals surface area (Å²) in [6.07, 6.45) is 17.7. The quantitative estimate of drug-likeness (QED) is 0.321. The van der Waals surface area contributed by atoms with Crippen LogP contribution in [-0.4, -0.2) is 73.0 Å². The number of pyridine rings is 3. The number of piperazine rings is 1. The molecule has 4 aromatic rings. The summed E-state index contributed by atoms with van der Waals surface area (Å²) in [6.45, 7) is 7.58. The van der Waals surface area contributed by atoms with E-state index < -0.39 is 5.60 Å². The van der Waals surface area contributed by atoms with Gasteiger partial charge in [-0.25, -0.2) is 9.50 Å². The van der Waals surface area contributed by atoms with Crippen molar-refractivity contribution in [3.05, 3.63) is 78.0 Å². The standard InChI is InChI=1S/C33H33N7O2/c1-5-23-7-10-26(35-15-23)9-6-22(2)40-27-12-28(40)19-38(18-27)31-11-8-24(16-36-31)30-13-29(42-21-33(3,4)41)20-39-32(30)25(14-34)17-37-39/h1,6-11,13,15-17,20,22,27-28,41H,12,18-19,21H2,2-4H3/b9-6+. The first-order valence-electron chi connectivity index (χ1n) is 14.1. The normalized spacial score (nSPS) is 19.3. The Bertz CT molecular complexity index is 1690. The molecule has 0 aliphatic carbocycles. The maximum Gasteiger partial charge on any atom is 0.138 e. The molecule has 3 saturated heterocycles. The fourth-order valence-corrected chi connectivity index (χ4v) is 5.89. The topological polar surface area (TPSA) is 103 Å². The highest BCUT2D eigenvalue weighted by molar-refractivity contribution is 5.85. The first kappa shape index (κ1) is 27.5. The first-order chi connectivity index (χ1) is 20.2. The van der Waals surface area contributed by atoms with Crippen LogP contribution in [0.5, 0.6) is 5.75 Å². The van der Waals surface area contributed by atoms with Crippen LogP contribution in [0.4, 0.5) is 5.82 Å².